The van der Waals surface area contributed by atoms with Crippen LogP contribution in [0.4, 0.5) is 0 Å². The summed E-state index contributed by atoms with van der Waals surface area (Å²) < 4.78 is 0. The van der Waals surface area contributed by atoms with Crippen molar-refractivity contribution in [2.45, 2.75) is 38.8 Å². The lowest BCUT2D eigenvalue weighted by Crippen LogP contribution is -2.30. The molecule has 14 heavy (non-hydrogen) atoms. The van der Waals surface area contributed by atoms with E-state index in [0.29, 0.717) is 6.42 Å². The van der Waals surface area contributed by atoms with E-state index < -0.39 is 0 Å². The maximum Gasteiger partial charge on any atom is 0.0552 e. The average molecular weight is 193 g/mol. The highest BCUT2D eigenvalue weighted by Crippen LogP contribution is 2.22. The van der Waals surface area contributed by atoms with Crippen LogP contribution in [0, 0.1) is 0 Å². The van der Waals surface area contributed by atoms with E-state index in [1.54, 1.807) is 6.92 Å². The van der Waals surface area contributed by atoms with Crippen molar-refractivity contribution < 1.29 is 5.11 Å². The first-order valence-electron chi connectivity index (χ1n) is 4.96. The van der Waals surface area contributed by atoms with Crippen LogP contribution < -0.4 is 5.73 Å². The number of aliphatic hydroxyl groups is 1. The van der Waals surface area contributed by atoms with E-state index in [4.69, 9.17) is 5.73 Å². The van der Waals surface area contributed by atoms with Crippen LogP contribution in [-0.2, 0) is 12.0 Å². The number of rotatable bonds is 3. The number of hydrogen-bond donors (Lipinski definition) is 2. The molecule has 0 radical (unpaired) electrons. The van der Waals surface area contributed by atoms with Crippen LogP contribution in [0.15, 0.2) is 24.3 Å². The molecule has 0 aliphatic rings. The smallest absolute Gasteiger partial charge is 0.0552 e. The van der Waals surface area contributed by atoms with Gasteiger partial charge in [-0.15, -0.1) is 0 Å². The minimum Gasteiger partial charge on any atom is -0.393 e. The molecule has 0 aliphatic carbocycles. The van der Waals surface area contributed by atoms with Gasteiger partial charge in [0.15, 0.2) is 0 Å². The second-order valence-electron chi connectivity index (χ2n) is 4.43. The van der Waals surface area contributed by atoms with Crippen LogP contribution in [-0.4, -0.2) is 11.2 Å². The lowest BCUT2D eigenvalue weighted by Gasteiger charge is -2.23. The van der Waals surface area contributed by atoms with Crippen LogP contribution in [0.3, 0.4) is 0 Å². The van der Waals surface area contributed by atoms with Crippen molar-refractivity contribution in [3.63, 3.8) is 0 Å². The van der Waals surface area contributed by atoms with Crippen molar-refractivity contribution in [3.05, 3.63) is 35.4 Å². The Kier molecular flexibility index (Phi) is 3.29. The molecule has 0 bridgehead atoms. The Labute approximate surface area is 85.8 Å². The van der Waals surface area contributed by atoms with Gasteiger partial charge in [-0.1, -0.05) is 24.3 Å². The summed E-state index contributed by atoms with van der Waals surface area (Å²) in [6, 6.07) is 8.01. The Morgan fingerprint density at radius 1 is 1.36 bits per heavy atom. The molecule has 0 amide bonds. The van der Waals surface area contributed by atoms with Gasteiger partial charge in [-0.25, -0.2) is 0 Å². The molecule has 2 nitrogen and oxygen atoms in total. The normalized spacial score (nSPS) is 14.1. The van der Waals surface area contributed by atoms with Gasteiger partial charge in [0.1, 0.15) is 0 Å². The molecular weight excluding hydrogens is 174 g/mol. The summed E-state index contributed by atoms with van der Waals surface area (Å²) in [6.45, 7) is 5.75. The molecule has 1 unspecified atom stereocenters. The maximum atomic E-state index is 9.36. The van der Waals surface area contributed by atoms with Gasteiger partial charge in [0.25, 0.3) is 0 Å². The zero-order valence-electron chi connectivity index (χ0n) is 9.12. The molecule has 78 valence electrons. The highest BCUT2D eigenvalue weighted by molar-refractivity contribution is 5.32. The molecule has 1 atom stereocenters. The summed E-state index contributed by atoms with van der Waals surface area (Å²) in [4.78, 5) is 0. The molecular formula is C12H19NO. The lowest BCUT2D eigenvalue weighted by atomic mass is 9.89. The Bertz CT molecular complexity index is 299. The molecule has 1 rings (SSSR count). The summed E-state index contributed by atoms with van der Waals surface area (Å²) in [7, 11) is 0. The third-order valence-electron chi connectivity index (χ3n) is 2.23. The third-order valence-corrected chi connectivity index (χ3v) is 2.23. The van der Waals surface area contributed by atoms with E-state index >= 15 is 0 Å². The van der Waals surface area contributed by atoms with Crippen molar-refractivity contribution in [2.75, 3.05) is 0 Å². The summed E-state index contributed by atoms with van der Waals surface area (Å²) in [5, 5.41) is 9.36. The molecule has 0 aromatic heterocycles. The van der Waals surface area contributed by atoms with Gasteiger partial charge in [0.05, 0.1) is 6.10 Å². The monoisotopic (exact) mass is 193 g/mol. The van der Waals surface area contributed by atoms with Gasteiger partial charge in [-0.3, -0.25) is 0 Å². The zero-order chi connectivity index (χ0) is 10.8. The quantitative estimate of drug-likeness (QED) is 0.769. The van der Waals surface area contributed by atoms with Gasteiger partial charge >= 0.3 is 0 Å². The summed E-state index contributed by atoms with van der Waals surface area (Å²) >= 11 is 0. The van der Waals surface area contributed by atoms with Gasteiger partial charge in [0.2, 0.25) is 0 Å². The van der Waals surface area contributed by atoms with Crippen molar-refractivity contribution >= 4 is 0 Å². The molecule has 0 spiro atoms. The van der Waals surface area contributed by atoms with Crippen molar-refractivity contribution in [3.8, 4) is 0 Å². The molecule has 0 fully saturated rings. The second-order valence-corrected chi connectivity index (χ2v) is 4.43. The highest BCUT2D eigenvalue weighted by atomic mass is 16.3. The Hall–Kier alpha value is -0.860. The molecule has 2 heteroatoms. The molecule has 3 N–H and O–H groups in total. The van der Waals surface area contributed by atoms with Crippen molar-refractivity contribution in [2.24, 2.45) is 5.73 Å². The van der Waals surface area contributed by atoms with Crippen molar-refractivity contribution in [1.29, 1.82) is 0 Å². The Balaban J connectivity index is 3.04. The van der Waals surface area contributed by atoms with Crippen LogP contribution in [0.25, 0.3) is 0 Å². The maximum absolute atomic E-state index is 9.36. The fraction of sp³-hybridized carbons (Fsp3) is 0.500. The van der Waals surface area contributed by atoms with Crippen LogP contribution in [0.2, 0.25) is 0 Å². The van der Waals surface area contributed by atoms with Gasteiger partial charge in [-0.05, 0) is 38.3 Å². The average Bonchev–Trinajstić information content (AvgIpc) is 2.01. The lowest BCUT2D eigenvalue weighted by molar-refractivity contribution is 0.195. The molecule has 1 aromatic carbocycles. The summed E-state index contributed by atoms with van der Waals surface area (Å²) in [5.74, 6) is 0. The van der Waals surface area contributed by atoms with Gasteiger partial charge in [0, 0.05) is 5.54 Å². The third kappa shape index (κ3) is 2.82. The van der Waals surface area contributed by atoms with E-state index in [1.165, 1.54) is 0 Å². The molecule has 0 aliphatic heterocycles. The first-order valence-corrected chi connectivity index (χ1v) is 4.96. The molecule has 0 saturated carbocycles. The predicted molar refractivity (Wildman–Crippen MR) is 59.0 cm³/mol. The zero-order valence-corrected chi connectivity index (χ0v) is 9.12. The molecule has 1 aromatic rings. The van der Waals surface area contributed by atoms with Gasteiger partial charge < -0.3 is 10.8 Å². The minimum absolute atomic E-state index is 0.321. The van der Waals surface area contributed by atoms with E-state index in [-0.39, 0.29) is 11.6 Å². The fourth-order valence-electron chi connectivity index (χ4n) is 1.65. The Morgan fingerprint density at radius 3 is 2.43 bits per heavy atom. The molecule has 0 heterocycles. The van der Waals surface area contributed by atoms with Crippen LogP contribution >= 0.6 is 0 Å². The SMILES string of the molecule is CC(O)Cc1ccccc1C(C)(C)N. The topological polar surface area (TPSA) is 46.2 Å². The number of hydrogen-bond acceptors (Lipinski definition) is 2. The summed E-state index contributed by atoms with van der Waals surface area (Å²) in [5.41, 5.74) is 7.96. The molecule has 0 saturated heterocycles. The second kappa shape index (κ2) is 4.11. The largest absolute Gasteiger partial charge is 0.393 e. The van der Waals surface area contributed by atoms with E-state index in [0.717, 1.165) is 11.1 Å². The summed E-state index contributed by atoms with van der Waals surface area (Å²) in [6.07, 6.45) is 0.343. The van der Waals surface area contributed by atoms with Crippen LogP contribution in [0.1, 0.15) is 31.9 Å². The van der Waals surface area contributed by atoms with E-state index in [2.05, 4.69) is 0 Å². The predicted octanol–water partition coefficient (Wildman–Crippen LogP) is 1.80. The van der Waals surface area contributed by atoms with E-state index in [9.17, 15) is 5.11 Å². The standard InChI is InChI=1S/C12H19NO/c1-9(14)8-10-6-4-5-7-11(10)12(2,3)13/h4-7,9,14H,8,13H2,1-3H3. The number of benzene rings is 1. The van der Waals surface area contributed by atoms with E-state index in [1.807, 2.05) is 38.1 Å². The van der Waals surface area contributed by atoms with Gasteiger partial charge in [-0.2, -0.15) is 0 Å². The highest BCUT2D eigenvalue weighted by Gasteiger charge is 2.18. The number of aliphatic hydroxyl groups excluding tert-OH is 1. The minimum atomic E-state index is -0.342. The first-order chi connectivity index (χ1) is 6.41. The number of nitrogens with two attached hydrogens (primary N) is 1. The first kappa shape index (κ1) is 11.2. The van der Waals surface area contributed by atoms with Crippen LogP contribution in [0.5, 0.6) is 0 Å². The van der Waals surface area contributed by atoms with Crippen molar-refractivity contribution in [1.82, 2.24) is 0 Å². The fourth-order valence-corrected chi connectivity index (χ4v) is 1.65. The Morgan fingerprint density at radius 2 is 1.93 bits per heavy atom.